The molecule has 2 aromatic carbocycles. The molecule has 70 heavy (non-hydrogen) atoms. The molecule has 2 aliphatic heterocycles. The lowest BCUT2D eigenvalue weighted by molar-refractivity contribution is -0.0560. The van der Waals surface area contributed by atoms with Crippen molar-refractivity contribution < 1.29 is 60.5 Å². The highest BCUT2D eigenvalue weighted by Crippen LogP contribution is 2.56. The van der Waals surface area contributed by atoms with Crippen LogP contribution in [0.2, 0.25) is 11.6 Å². The van der Waals surface area contributed by atoms with E-state index < -0.39 is 98.2 Å². The van der Waals surface area contributed by atoms with E-state index in [0.717, 1.165) is 6.33 Å². The van der Waals surface area contributed by atoms with Gasteiger partial charge in [0.2, 0.25) is 0 Å². The van der Waals surface area contributed by atoms with Crippen LogP contribution < -0.4 is 10.6 Å². The Hall–Kier alpha value is -5.36. The average Bonchev–Trinajstić information content (AvgIpc) is 4.13. The van der Waals surface area contributed by atoms with Crippen molar-refractivity contribution >= 4 is 81.6 Å². The van der Waals surface area contributed by atoms with Gasteiger partial charge in [0, 0.05) is 11.1 Å². The van der Waals surface area contributed by atoms with E-state index in [1.54, 1.807) is 60.7 Å². The first-order valence-corrected chi connectivity index (χ1v) is 27.7. The Kier molecular flexibility index (Phi) is 16.0. The highest BCUT2D eigenvalue weighted by Gasteiger charge is 2.53. The van der Waals surface area contributed by atoms with Gasteiger partial charge in [-0.25, -0.2) is 34.3 Å². The topological polar surface area (TPSA) is 291 Å². The zero-order valence-electron chi connectivity index (χ0n) is 37.8. The Balaban J connectivity index is 1.09. The highest BCUT2D eigenvalue weighted by molar-refractivity contribution is 8.07. The summed E-state index contributed by atoms with van der Waals surface area (Å²) in [6.07, 6.45) is -6.58. The van der Waals surface area contributed by atoms with E-state index in [1.165, 1.54) is 28.1 Å². The van der Waals surface area contributed by atoms with Crippen LogP contribution in [-0.4, -0.2) is 126 Å². The lowest BCUT2D eigenvalue weighted by Gasteiger charge is -2.34. The van der Waals surface area contributed by atoms with E-state index in [2.05, 4.69) is 40.5 Å². The molecule has 28 heteroatoms. The average molecular weight is 1040 g/mol. The van der Waals surface area contributed by atoms with Crippen molar-refractivity contribution in [2.45, 2.75) is 87.9 Å². The lowest BCUT2D eigenvalue weighted by Crippen LogP contribution is -2.43. The smallest absolute Gasteiger partial charge is 0.327 e. The van der Waals surface area contributed by atoms with E-state index in [9.17, 15) is 29.4 Å². The molecule has 2 saturated heterocycles. The minimum absolute atomic E-state index is 0.0253. The van der Waals surface area contributed by atoms with Crippen molar-refractivity contribution in [1.82, 2.24) is 39.0 Å². The predicted octanol–water partition coefficient (Wildman–Crippen LogP) is 5.16. The van der Waals surface area contributed by atoms with Gasteiger partial charge in [0.1, 0.15) is 43.2 Å². The third-order valence-corrected chi connectivity index (χ3v) is 17.5. The molecule has 0 spiro atoms. The summed E-state index contributed by atoms with van der Waals surface area (Å²) in [6, 6.07) is 18.8. The number of nitrogens with zero attached hydrogens (tertiary/aromatic N) is 9. The maximum absolute atomic E-state index is 16.6. The van der Waals surface area contributed by atoms with Gasteiger partial charge >= 0.3 is 15.0 Å². The predicted molar refractivity (Wildman–Crippen MR) is 254 cm³/mol. The minimum atomic E-state index is -4.15. The number of hydrogen-bond acceptors (Lipinski definition) is 19. The summed E-state index contributed by atoms with van der Waals surface area (Å²) in [5.74, 6) is -0.812. The number of imidazole rings is 2. The van der Waals surface area contributed by atoms with Gasteiger partial charge in [0.05, 0.1) is 45.0 Å². The van der Waals surface area contributed by atoms with Crippen LogP contribution >= 0.6 is 15.0 Å². The van der Waals surface area contributed by atoms with E-state index in [0.29, 0.717) is 11.1 Å². The van der Waals surface area contributed by atoms with Crippen LogP contribution in [-0.2, 0) is 48.4 Å². The fourth-order valence-electron chi connectivity index (χ4n) is 7.52. The third kappa shape index (κ3) is 11.2. The molecule has 2 aliphatic rings. The van der Waals surface area contributed by atoms with Crippen LogP contribution in [0.5, 0.6) is 0 Å². The number of anilines is 2. The molecule has 4 aromatic heterocycles. The molecule has 0 saturated carbocycles. The molecule has 0 bridgehead atoms. The van der Waals surface area contributed by atoms with Gasteiger partial charge in [0.25, 0.3) is 11.8 Å². The second kappa shape index (κ2) is 22.0. The summed E-state index contributed by atoms with van der Waals surface area (Å²) in [5.41, 5.74) is 1.23. The maximum Gasteiger partial charge on any atom is 0.327 e. The zero-order valence-corrected chi connectivity index (χ0v) is 41.7. The Morgan fingerprint density at radius 1 is 0.857 bits per heavy atom. The Bertz CT molecular complexity index is 2940. The first-order chi connectivity index (χ1) is 33.6. The molecule has 6 heterocycles. The molecule has 8 rings (SSSR count). The van der Waals surface area contributed by atoms with Crippen LogP contribution in [0.4, 0.5) is 16.0 Å². The number of halogens is 1. The number of rotatable bonds is 19. The quantitative estimate of drug-likeness (QED) is 0.0463. The summed E-state index contributed by atoms with van der Waals surface area (Å²) >= 11 is 6.02. The molecule has 3 unspecified atom stereocenters. The van der Waals surface area contributed by atoms with E-state index >= 15 is 4.39 Å². The van der Waals surface area contributed by atoms with Gasteiger partial charge < -0.3 is 48.1 Å². The van der Waals surface area contributed by atoms with Crippen LogP contribution in [0.3, 0.4) is 0 Å². The molecule has 370 valence electrons. The van der Waals surface area contributed by atoms with Gasteiger partial charge in [-0.05, 0) is 47.7 Å². The Morgan fingerprint density at radius 2 is 1.40 bits per heavy atom. The number of nitriles is 1. The van der Waals surface area contributed by atoms with Crippen molar-refractivity contribution in [3.63, 3.8) is 0 Å². The monoisotopic (exact) mass is 1040 g/mol. The SMILES string of the molecule is C[SiH](O[C@H]1[C@@H](OP(=S)(OCCC#N)OC[C@H]2O[C@@H](n3cnc4c(NC(=O)c5ccccc5)ncnc43)[C@H](F)[C@@H]2O[PH](=O)O)[C@H](n2cnc3c(NC(=O)c4ccccc4)ncnc32)O[C@@H]1CO)C(C)(C)C. The number of ether oxygens (including phenoxy) is 2. The number of nitrogens with one attached hydrogen (secondary N) is 2. The summed E-state index contributed by atoms with van der Waals surface area (Å²) in [7, 11) is -5.96. The second-order valence-corrected chi connectivity index (χ2v) is 24.0. The summed E-state index contributed by atoms with van der Waals surface area (Å²) < 4.78 is 75.2. The fraction of sp³-hybridized carbons (Fsp3) is 0.405. The van der Waals surface area contributed by atoms with Gasteiger partial charge in [-0.15, -0.1) is 0 Å². The number of aliphatic hydroxyl groups is 1. The van der Waals surface area contributed by atoms with E-state index in [-0.39, 0.29) is 52.0 Å². The van der Waals surface area contributed by atoms with Crippen LogP contribution in [0, 0.1) is 11.3 Å². The highest BCUT2D eigenvalue weighted by atomic mass is 32.5. The number of aliphatic hydroxyl groups excluding tert-OH is 1. The fourth-order valence-corrected chi connectivity index (χ4v) is 11.3. The number of carbonyl (C=O) groups excluding carboxylic acids is 2. The summed E-state index contributed by atoms with van der Waals surface area (Å²) in [6.45, 7) is 2.40. The number of carbonyl (C=O) groups is 2. The van der Waals surface area contributed by atoms with Crippen molar-refractivity contribution in [1.29, 1.82) is 5.26 Å². The summed E-state index contributed by atoms with van der Waals surface area (Å²) in [4.78, 5) is 62.1. The molecule has 6 aromatic rings. The van der Waals surface area contributed by atoms with Gasteiger partial charge in [-0.3, -0.25) is 27.8 Å². The van der Waals surface area contributed by atoms with Gasteiger partial charge in [0.15, 0.2) is 61.6 Å². The Morgan fingerprint density at radius 3 is 1.91 bits per heavy atom. The maximum atomic E-state index is 16.6. The zero-order chi connectivity index (χ0) is 49.7. The van der Waals surface area contributed by atoms with Crippen LogP contribution in [0.25, 0.3) is 22.3 Å². The number of hydrogen-bond donors (Lipinski definition) is 4. The molecule has 0 radical (unpaired) electrons. The lowest BCUT2D eigenvalue weighted by atomic mass is 10.1. The number of fused-ring (bicyclic) bond motifs is 2. The number of amides is 2. The molecule has 23 nitrogen and oxygen atoms in total. The summed E-state index contributed by atoms with van der Waals surface area (Å²) in [5, 5.41) is 25.4. The van der Waals surface area contributed by atoms with Gasteiger partial charge in [-0.1, -0.05) is 57.2 Å². The minimum Gasteiger partial charge on any atom is -0.411 e. The number of alkyl halides is 1. The van der Waals surface area contributed by atoms with Crippen LogP contribution in [0.1, 0.15) is 60.4 Å². The number of benzene rings is 2. The molecular weight excluding hydrogens is 992 g/mol. The second-order valence-electron chi connectivity index (χ2n) is 17.0. The van der Waals surface area contributed by atoms with E-state index in [4.69, 9.17) is 43.8 Å². The van der Waals surface area contributed by atoms with Crippen molar-refractivity contribution in [3.05, 3.63) is 97.1 Å². The molecular formula is C42H48FN11O12P2SSi. The van der Waals surface area contributed by atoms with Crippen molar-refractivity contribution in [3.8, 4) is 6.07 Å². The molecule has 11 atom stereocenters. The largest absolute Gasteiger partial charge is 0.411 e. The molecule has 2 fully saturated rings. The van der Waals surface area contributed by atoms with Crippen molar-refractivity contribution in [2.75, 3.05) is 30.5 Å². The molecule has 0 aliphatic carbocycles. The van der Waals surface area contributed by atoms with E-state index in [1.807, 2.05) is 33.4 Å². The normalized spacial score (nSPS) is 24.3. The van der Waals surface area contributed by atoms with Crippen molar-refractivity contribution in [2.24, 2.45) is 0 Å². The third-order valence-electron chi connectivity index (χ3n) is 11.5. The number of aromatic nitrogens is 8. The van der Waals surface area contributed by atoms with Gasteiger partial charge in [-0.2, -0.15) is 5.26 Å². The first kappa shape index (κ1) is 51.0. The molecule has 2 amide bonds. The Labute approximate surface area is 406 Å². The standard InChI is InChI=1S/C42H48FN11O12P2SSi/c1-42(2,3)70(4)66-32-26(18-55)62-41(54-23-50-30-35(46-21-48-37(30)54)52-39(57)25-14-9-6-10-15-25)33(32)65-68(69,60-17-11-16-44)61-19-27-31(64-67(58)59)28(43)40(63-27)53-22-49-29-34(45-20-47-36(29)53)51-38(56)24-12-7-5-8-13-24/h5-10,12-15,20-23,26-28,31-33,40-41,55,67,70H,11,17-19H2,1-4H3,(H,58,59)(H,45,47,51,56)(H,46,48,52,57)/t26-,27-,28-,31-,32-,33-,40-,41-,68?,70?/m1/s1. The first-order valence-electron chi connectivity index (χ1n) is 21.7. The van der Waals surface area contributed by atoms with Crippen LogP contribution in [0.15, 0.2) is 86.0 Å². The molecule has 4 N–H and O–H groups in total.